The predicted molar refractivity (Wildman–Crippen MR) is 147 cm³/mol. The fraction of sp³-hybridized carbons (Fsp3) is 0.0833. The number of rotatable bonds is 6. The average molecular weight is 587 g/mol. The molecule has 0 aliphatic carbocycles. The van der Waals surface area contributed by atoms with Crippen LogP contribution in [-0.4, -0.2) is 90.2 Å². The van der Waals surface area contributed by atoms with Gasteiger partial charge in [-0.3, -0.25) is 9.11 Å². The second-order valence-electron chi connectivity index (χ2n) is 8.06. The number of aromatic hydroxyl groups is 1. The van der Waals surface area contributed by atoms with Crippen molar-refractivity contribution in [2.45, 2.75) is 23.6 Å². The van der Waals surface area contributed by atoms with Crippen LogP contribution < -0.4 is 0 Å². The van der Waals surface area contributed by atoms with Crippen molar-refractivity contribution < 1.29 is 31.0 Å². The Morgan fingerprint density at radius 1 is 0.667 bits per heavy atom. The van der Waals surface area contributed by atoms with Gasteiger partial charge in [-0.15, -0.1) is 5.11 Å². The number of hydrogen-bond donors (Lipinski definition) is 3. The van der Waals surface area contributed by atoms with Crippen LogP contribution in [0.1, 0.15) is 11.1 Å². The van der Waals surface area contributed by atoms with Crippen LogP contribution in [0.5, 0.6) is 5.75 Å². The summed E-state index contributed by atoms with van der Waals surface area (Å²) in [6, 6.07) is 16.0. The molecule has 0 aliphatic rings. The molecule has 0 saturated heterocycles. The van der Waals surface area contributed by atoms with Gasteiger partial charge in [0.05, 0.1) is 22.0 Å². The van der Waals surface area contributed by atoms with E-state index in [9.17, 15) is 26.5 Å². The molecule has 4 rings (SSSR count). The van der Waals surface area contributed by atoms with Gasteiger partial charge in [0.15, 0.2) is 0 Å². The second-order valence-corrected chi connectivity index (χ2v) is 10.9. The van der Waals surface area contributed by atoms with E-state index in [-0.39, 0.29) is 80.8 Å². The molecule has 2 radical (unpaired) electrons. The Kier molecular flexibility index (Phi) is 11.1. The Hall–Kier alpha value is -2.04. The minimum Gasteiger partial charge on any atom is -0.506 e. The van der Waals surface area contributed by atoms with Gasteiger partial charge in [0.1, 0.15) is 16.3 Å². The Bertz CT molecular complexity index is 1830. The monoisotopic (exact) mass is 586 g/mol. The van der Waals surface area contributed by atoms with Crippen molar-refractivity contribution in [1.82, 2.24) is 0 Å². The molecule has 15 heteroatoms. The summed E-state index contributed by atoms with van der Waals surface area (Å²) in [5.41, 5.74) is 2.32. The standard InChI is InChI=1S/C24H20N4O7S2.2Na/c1-14-12-17(25-26-20-10-8-18(13-15(20)2)36(30,31)32)7-9-19(14)27-28-24-21(29)11-6-16-4-3-5-22(23(16)24)37(33,34)35;;/h3-13,29H,1-2H3,(H,30,31,32)(H,33,34,35);;. The summed E-state index contributed by atoms with van der Waals surface area (Å²) in [5, 5.41) is 27.3. The molecule has 4 aromatic carbocycles. The first-order valence-corrected chi connectivity index (χ1v) is 13.5. The normalized spacial score (nSPS) is 12.0. The van der Waals surface area contributed by atoms with Gasteiger partial charge in [-0.2, -0.15) is 32.2 Å². The molecule has 0 saturated carbocycles. The number of fused-ring (bicyclic) bond motifs is 1. The zero-order valence-electron chi connectivity index (χ0n) is 21.4. The van der Waals surface area contributed by atoms with Crippen molar-refractivity contribution >= 4 is 113 Å². The Balaban J connectivity index is 0.00000267. The van der Waals surface area contributed by atoms with Crippen LogP contribution in [0, 0.1) is 13.8 Å². The van der Waals surface area contributed by atoms with Crippen molar-refractivity contribution in [2.75, 3.05) is 0 Å². The summed E-state index contributed by atoms with van der Waals surface area (Å²) in [6.45, 7) is 3.38. The number of hydrogen-bond acceptors (Lipinski definition) is 9. The fourth-order valence-electron chi connectivity index (χ4n) is 3.56. The van der Waals surface area contributed by atoms with E-state index in [0.29, 0.717) is 33.6 Å². The Morgan fingerprint density at radius 3 is 1.87 bits per heavy atom. The van der Waals surface area contributed by atoms with Crippen LogP contribution in [0.2, 0.25) is 0 Å². The van der Waals surface area contributed by atoms with Crippen molar-refractivity contribution in [2.24, 2.45) is 20.5 Å². The summed E-state index contributed by atoms with van der Waals surface area (Å²) in [7, 11) is -8.90. The van der Waals surface area contributed by atoms with Gasteiger partial charge in [0.2, 0.25) is 0 Å². The number of phenols is 1. The third kappa shape index (κ3) is 7.79. The molecule has 192 valence electrons. The van der Waals surface area contributed by atoms with Crippen LogP contribution in [0.15, 0.2) is 97.0 Å². The molecule has 0 bridgehead atoms. The molecule has 4 aromatic rings. The van der Waals surface area contributed by atoms with Crippen molar-refractivity contribution in [3.8, 4) is 5.75 Å². The molecule has 11 nitrogen and oxygen atoms in total. The van der Waals surface area contributed by atoms with E-state index < -0.39 is 25.1 Å². The maximum Gasteiger partial charge on any atom is 0.295 e. The van der Waals surface area contributed by atoms with Crippen LogP contribution in [-0.2, 0) is 20.2 Å². The first-order chi connectivity index (χ1) is 17.3. The Labute approximate surface area is 269 Å². The topological polar surface area (TPSA) is 178 Å². The maximum absolute atomic E-state index is 11.9. The van der Waals surface area contributed by atoms with Gasteiger partial charge >= 0.3 is 0 Å². The average Bonchev–Trinajstić information content (AvgIpc) is 2.82. The maximum atomic E-state index is 11.9. The molecule has 3 N–H and O–H groups in total. The minimum absolute atomic E-state index is 0. The van der Waals surface area contributed by atoms with Gasteiger partial charge in [-0.25, -0.2) is 0 Å². The van der Waals surface area contributed by atoms with Crippen LogP contribution in [0.25, 0.3) is 10.8 Å². The zero-order chi connectivity index (χ0) is 27.0. The van der Waals surface area contributed by atoms with E-state index in [4.69, 9.17) is 4.55 Å². The third-order valence-electron chi connectivity index (χ3n) is 5.41. The van der Waals surface area contributed by atoms with E-state index in [0.717, 1.165) is 0 Å². The first-order valence-electron chi connectivity index (χ1n) is 10.6. The summed E-state index contributed by atoms with van der Waals surface area (Å²) in [5.74, 6) is -0.314. The largest absolute Gasteiger partial charge is 0.506 e. The smallest absolute Gasteiger partial charge is 0.295 e. The number of azo groups is 2. The van der Waals surface area contributed by atoms with Crippen molar-refractivity contribution in [3.05, 3.63) is 77.9 Å². The quantitative estimate of drug-likeness (QED) is 0.147. The molecule has 0 heterocycles. The van der Waals surface area contributed by atoms with Gasteiger partial charge < -0.3 is 5.11 Å². The van der Waals surface area contributed by atoms with E-state index in [1.165, 1.54) is 42.5 Å². The molecule has 0 aliphatic heterocycles. The second kappa shape index (κ2) is 13.1. The predicted octanol–water partition coefficient (Wildman–Crippen LogP) is 5.72. The van der Waals surface area contributed by atoms with E-state index in [1.54, 1.807) is 38.1 Å². The number of phenolic OH excluding ortho intramolecular Hbond substituents is 1. The van der Waals surface area contributed by atoms with Gasteiger partial charge in [-0.05, 0) is 78.9 Å². The minimum atomic E-state index is -4.59. The van der Waals surface area contributed by atoms with Gasteiger partial charge in [-0.1, -0.05) is 18.2 Å². The number of aryl methyl sites for hydroxylation is 2. The van der Waals surface area contributed by atoms with E-state index in [2.05, 4.69) is 20.5 Å². The number of nitrogens with zero attached hydrogens (tertiary/aromatic N) is 4. The van der Waals surface area contributed by atoms with Gasteiger partial charge in [0.25, 0.3) is 20.2 Å². The summed E-state index contributed by atoms with van der Waals surface area (Å²) < 4.78 is 65.0. The SMILES string of the molecule is Cc1cc(S(=O)(=O)O)ccc1N=Nc1ccc(N=Nc2c(O)ccc3cccc(S(=O)(=O)O)c23)c(C)c1.[Na].[Na]. The molecule has 39 heavy (non-hydrogen) atoms. The van der Waals surface area contributed by atoms with Crippen LogP contribution >= 0.6 is 0 Å². The summed E-state index contributed by atoms with van der Waals surface area (Å²) >= 11 is 0. The molecule has 0 atom stereocenters. The fourth-order valence-corrected chi connectivity index (χ4v) is 4.85. The van der Waals surface area contributed by atoms with Crippen LogP contribution in [0.3, 0.4) is 0 Å². The summed E-state index contributed by atoms with van der Waals surface area (Å²) in [4.78, 5) is -0.641. The molecular weight excluding hydrogens is 566 g/mol. The number of benzene rings is 4. The first kappa shape index (κ1) is 33.2. The third-order valence-corrected chi connectivity index (χ3v) is 7.16. The molecular formula is C24H20N4Na2O7S2. The zero-order valence-corrected chi connectivity index (χ0v) is 27.1. The molecule has 0 unspecified atom stereocenters. The van der Waals surface area contributed by atoms with E-state index in [1.807, 2.05) is 0 Å². The van der Waals surface area contributed by atoms with Crippen LogP contribution in [0.4, 0.5) is 22.7 Å². The molecule has 0 spiro atoms. The van der Waals surface area contributed by atoms with Crippen molar-refractivity contribution in [3.63, 3.8) is 0 Å². The molecule has 0 aromatic heterocycles. The molecule has 0 amide bonds. The van der Waals surface area contributed by atoms with Gasteiger partial charge in [0, 0.05) is 64.5 Å². The van der Waals surface area contributed by atoms with Crippen molar-refractivity contribution in [1.29, 1.82) is 0 Å². The van der Waals surface area contributed by atoms with E-state index >= 15 is 0 Å². The molecule has 0 fully saturated rings. The Morgan fingerprint density at radius 2 is 1.28 bits per heavy atom. The summed E-state index contributed by atoms with van der Waals surface area (Å²) in [6.07, 6.45) is 0.